The van der Waals surface area contributed by atoms with E-state index < -0.39 is 40.5 Å². The molecule has 128 valence electrons. The van der Waals surface area contributed by atoms with Crippen LogP contribution in [0, 0.1) is 0 Å². The number of carbonyl (C=O) groups is 2. The highest BCUT2D eigenvalue weighted by atomic mass is 19.4. The molecule has 3 rings (SSSR count). The van der Waals surface area contributed by atoms with Crippen LogP contribution in [0.15, 0.2) is 35.5 Å². The summed E-state index contributed by atoms with van der Waals surface area (Å²) in [4.78, 5) is 24.6. The molecule has 1 aromatic rings. The third-order valence-corrected chi connectivity index (χ3v) is 4.09. The van der Waals surface area contributed by atoms with Crippen molar-refractivity contribution < 1.29 is 37.7 Å². The quantitative estimate of drug-likeness (QED) is 0.686. The topological polar surface area (TPSA) is 95.9 Å². The largest absolute Gasteiger partial charge is 0.462 e. The van der Waals surface area contributed by atoms with Gasteiger partial charge in [-0.05, 0) is 6.92 Å². The van der Waals surface area contributed by atoms with Gasteiger partial charge in [0.05, 0.1) is 6.61 Å². The van der Waals surface area contributed by atoms with Crippen molar-refractivity contribution in [1.29, 1.82) is 0 Å². The molecule has 0 amide bonds. The van der Waals surface area contributed by atoms with Crippen molar-refractivity contribution in [3.8, 4) is 0 Å². The van der Waals surface area contributed by atoms with Gasteiger partial charge in [-0.1, -0.05) is 24.3 Å². The Morgan fingerprint density at radius 3 is 2.50 bits per heavy atom. The van der Waals surface area contributed by atoms with E-state index in [1.165, 1.54) is 31.2 Å². The van der Waals surface area contributed by atoms with E-state index in [1.807, 2.05) is 0 Å². The molecular weight excluding hydrogens is 331 g/mol. The number of halogens is 3. The number of benzene rings is 1. The van der Waals surface area contributed by atoms with Crippen molar-refractivity contribution in [1.82, 2.24) is 5.32 Å². The molecule has 2 atom stereocenters. The van der Waals surface area contributed by atoms with Gasteiger partial charge >= 0.3 is 12.1 Å². The smallest absolute Gasteiger partial charge is 0.431 e. The molecule has 1 aliphatic carbocycles. The van der Waals surface area contributed by atoms with Crippen LogP contribution in [0.4, 0.5) is 13.2 Å². The molecule has 0 radical (unpaired) electrons. The number of ketones is 1. The Morgan fingerprint density at radius 1 is 1.29 bits per heavy atom. The minimum atomic E-state index is -5.12. The first-order valence-electron chi connectivity index (χ1n) is 6.95. The summed E-state index contributed by atoms with van der Waals surface area (Å²) in [5, 5.41) is 23.2. The van der Waals surface area contributed by atoms with E-state index in [0.29, 0.717) is 0 Å². The lowest BCUT2D eigenvalue weighted by Gasteiger charge is -2.31. The second kappa shape index (κ2) is 4.81. The summed E-state index contributed by atoms with van der Waals surface area (Å²) >= 11 is 0. The fourth-order valence-electron chi connectivity index (χ4n) is 3.09. The zero-order valence-corrected chi connectivity index (χ0v) is 12.3. The Labute approximate surface area is 133 Å². The molecule has 3 N–H and O–H groups in total. The number of alkyl halides is 3. The molecule has 0 unspecified atom stereocenters. The third kappa shape index (κ3) is 1.79. The molecule has 0 bridgehead atoms. The van der Waals surface area contributed by atoms with Crippen LogP contribution in [0.1, 0.15) is 22.8 Å². The van der Waals surface area contributed by atoms with Crippen LogP contribution < -0.4 is 5.32 Å². The number of fused-ring (bicyclic) bond motifs is 3. The first-order valence-corrected chi connectivity index (χ1v) is 6.95. The first-order chi connectivity index (χ1) is 11.1. The van der Waals surface area contributed by atoms with Crippen LogP contribution in [-0.4, -0.2) is 40.3 Å². The van der Waals surface area contributed by atoms with Crippen molar-refractivity contribution in [3.05, 3.63) is 46.7 Å². The Hall–Kier alpha value is -2.39. The summed E-state index contributed by atoms with van der Waals surface area (Å²) in [7, 11) is 0. The summed E-state index contributed by atoms with van der Waals surface area (Å²) in [5.41, 5.74) is -9.42. The zero-order chi connectivity index (χ0) is 17.9. The molecule has 1 aliphatic heterocycles. The molecule has 1 heterocycles. The maximum Gasteiger partial charge on any atom is 0.431 e. The monoisotopic (exact) mass is 343 g/mol. The lowest BCUT2D eigenvalue weighted by molar-refractivity contribution is -0.146. The van der Waals surface area contributed by atoms with E-state index >= 15 is 0 Å². The highest BCUT2D eigenvalue weighted by molar-refractivity contribution is 6.16. The van der Waals surface area contributed by atoms with E-state index in [0.717, 1.165) is 0 Å². The second-order valence-electron chi connectivity index (χ2n) is 5.39. The minimum Gasteiger partial charge on any atom is -0.462 e. The van der Waals surface area contributed by atoms with Gasteiger partial charge in [-0.3, -0.25) is 4.79 Å². The molecule has 9 heteroatoms. The number of Topliss-reactive ketones (excluding diaryl/α,β-unsaturated/α-hetero) is 1. The number of hydrogen-bond acceptors (Lipinski definition) is 6. The first kappa shape index (κ1) is 16.5. The Bertz CT molecular complexity index is 788. The van der Waals surface area contributed by atoms with E-state index in [1.54, 1.807) is 5.32 Å². The molecule has 0 saturated carbocycles. The van der Waals surface area contributed by atoms with Gasteiger partial charge < -0.3 is 20.3 Å². The predicted octanol–water partition coefficient (Wildman–Crippen LogP) is 0.742. The molecule has 1 aromatic carbocycles. The highest BCUT2D eigenvalue weighted by Crippen LogP contribution is 2.53. The zero-order valence-electron chi connectivity index (χ0n) is 12.3. The van der Waals surface area contributed by atoms with Gasteiger partial charge in [0, 0.05) is 11.1 Å². The fraction of sp³-hybridized carbons (Fsp3) is 0.333. The highest BCUT2D eigenvalue weighted by Gasteiger charge is 2.73. The van der Waals surface area contributed by atoms with Crippen molar-refractivity contribution in [3.63, 3.8) is 0 Å². The fourth-order valence-corrected chi connectivity index (χ4v) is 3.09. The van der Waals surface area contributed by atoms with Crippen molar-refractivity contribution in [2.75, 3.05) is 6.61 Å². The van der Waals surface area contributed by atoms with Crippen molar-refractivity contribution in [2.45, 2.75) is 24.4 Å². The maximum absolute atomic E-state index is 13.3. The SMILES string of the molecule is CCOC(=O)C1=C(C(F)(F)F)N[C@@]2(O)c3ccccc3C(=O)[C@@]12O. The summed E-state index contributed by atoms with van der Waals surface area (Å²) in [6, 6.07) is 5.24. The van der Waals surface area contributed by atoms with Crippen LogP contribution in [0.25, 0.3) is 0 Å². The Balaban J connectivity index is 2.29. The van der Waals surface area contributed by atoms with Crippen LogP contribution in [0.5, 0.6) is 0 Å². The number of ether oxygens (including phenoxy) is 1. The van der Waals surface area contributed by atoms with Crippen molar-refractivity contribution in [2.24, 2.45) is 0 Å². The predicted molar refractivity (Wildman–Crippen MR) is 72.5 cm³/mol. The summed E-state index contributed by atoms with van der Waals surface area (Å²) in [5.74, 6) is -2.74. The van der Waals surface area contributed by atoms with Gasteiger partial charge in [-0.2, -0.15) is 13.2 Å². The lowest BCUT2D eigenvalue weighted by atomic mass is 9.85. The molecule has 0 spiro atoms. The number of allylic oxidation sites excluding steroid dienone is 1. The Kier molecular flexibility index (Phi) is 3.30. The van der Waals surface area contributed by atoms with Gasteiger partial charge in [-0.25, -0.2) is 4.79 Å². The number of hydrogen-bond donors (Lipinski definition) is 3. The van der Waals surface area contributed by atoms with Gasteiger partial charge in [0.1, 0.15) is 11.3 Å². The number of esters is 1. The number of nitrogens with one attached hydrogen (secondary N) is 1. The minimum absolute atomic E-state index is 0.182. The van der Waals surface area contributed by atoms with Crippen molar-refractivity contribution >= 4 is 11.8 Å². The molecule has 0 saturated heterocycles. The van der Waals surface area contributed by atoms with E-state index in [9.17, 15) is 33.0 Å². The molecule has 24 heavy (non-hydrogen) atoms. The Morgan fingerprint density at radius 2 is 1.92 bits per heavy atom. The van der Waals surface area contributed by atoms with Crippen LogP contribution >= 0.6 is 0 Å². The average molecular weight is 343 g/mol. The third-order valence-electron chi connectivity index (χ3n) is 4.09. The molecule has 6 nitrogen and oxygen atoms in total. The summed E-state index contributed by atoms with van der Waals surface area (Å²) < 4.78 is 44.5. The average Bonchev–Trinajstić information content (AvgIpc) is 2.85. The lowest BCUT2D eigenvalue weighted by Crippen LogP contribution is -2.56. The summed E-state index contributed by atoms with van der Waals surface area (Å²) in [6.45, 7) is 1.08. The van der Waals surface area contributed by atoms with E-state index in [-0.39, 0.29) is 17.7 Å². The van der Waals surface area contributed by atoms with Crippen LogP contribution in [0.3, 0.4) is 0 Å². The number of carbonyl (C=O) groups excluding carboxylic acids is 2. The molecule has 0 fully saturated rings. The summed E-state index contributed by atoms with van der Waals surface area (Å²) in [6.07, 6.45) is -5.12. The number of rotatable bonds is 2. The van der Waals surface area contributed by atoms with Crippen LogP contribution in [-0.2, 0) is 15.3 Å². The van der Waals surface area contributed by atoms with Gasteiger partial charge in [-0.15, -0.1) is 0 Å². The second-order valence-corrected chi connectivity index (χ2v) is 5.39. The molecule has 2 aliphatic rings. The maximum atomic E-state index is 13.3. The number of aliphatic hydroxyl groups is 2. The van der Waals surface area contributed by atoms with Gasteiger partial charge in [0.15, 0.2) is 0 Å². The normalized spacial score (nSPS) is 28.5. The van der Waals surface area contributed by atoms with Gasteiger partial charge in [0.2, 0.25) is 17.1 Å². The van der Waals surface area contributed by atoms with E-state index in [4.69, 9.17) is 0 Å². The molecular formula is C15H12F3NO5. The molecule has 0 aromatic heterocycles. The van der Waals surface area contributed by atoms with Crippen LogP contribution in [0.2, 0.25) is 0 Å². The van der Waals surface area contributed by atoms with Gasteiger partial charge in [0.25, 0.3) is 0 Å². The van der Waals surface area contributed by atoms with E-state index in [2.05, 4.69) is 4.74 Å². The standard InChI is InChI=1S/C15H12F3NO5/c1-2-24-12(21)9-10(15(16,17)18)19-14(23)8-6-4-3-5-7(8)11(20)13(9,14)22/h3-6,19,22-23H,2H2,1H3/t13-,14+/m0/s1.